The fourth-order valence-corrected chi connectivity index (χ4v) is 1.95. The summed E-state index contributed by atoms with van der Waals surface area (Å²) in [5.41, 5.74) is 2.52. The number of nitrogens with zero attached hydrogens (tertiary/aromatic N) is 3. The van der Waals surface area contributed by atoms with Gasteiger partial charge in [0.15, 0.2) is 5.89 Å². The van der Waals surface area contributed by atoms with E-state index in [1.54, 1.807) is 37.2 Å². The van der Waals surface area contributed by atoms with Gasteiger partial charge in [0.25, 0.3) is 0 Å². The average molecular weight is 255 g/mol. The molecule has 2 aromatic heterocycles. The summed E-state index contributed by atoms with van der Waals surface area (Å²) in [5, 5.41) is 0. The van der Waals surface area contributed by atoms with Crippen LogP contribution in [-0.2, 0) is 7.05 Å². The minimum absolute atomic E-state index is 0.0648. The Labute approximate surface area is 109 Å². The van der Waals surface area contributed by atoms with E-state index in [4.69, 9.17) is 4.42 Å². The van der Waals surface area contributed by atoms with Gasteiger partial charge in [-0.3, -0.25) is 4.57 Å². The predicted molar refractivity (Wildman–Crippen MR) is 71.2 cm³/mol. The largest absolute Gasteiger partial charge is 0.449 e. The number of imidazole rings is 1. The van der Waals surface area contributed by atoms with Crippen molar-refractivity contribution in [3.8, 4) is 16.9 Å². The number of aromatic nitrogens is 3. The Bertz CT molecular complexity index is 763. The molecule has 1 aromatic carbocycles. The number of hydrogen-bond donors (Lipinski definition) is 0. The maximum atomic E-state index is 11.8. The molecule has 0 fully saturated rings. The van der Waals surface area contributed by atoms with Gasteiger partial charge in [0.05, 0.1) is 5.69 Å². The van der Waals surface area contributed by atoms with E-state index >= 15 is 0 Å². The quantitative estimate of drug-likeness (QED) is 0.705. The van der Waals surface area contributed by atoms with E-state index in [-0.39, 0.29) is 5.69 Å². The lowest BCUT2D eigenvalue weighted by Crippen LogP contribution is -2.20. The van der Waals surface area contributed by atoms with Gasteiger partial charge in [0.1, 0.15) is 12.0 Å². The van der Waals surface area contributed by atoms with Crippen LogP contribution in [-0.4, -0.2) is 14.1 Å². The van der Waals surface area contributed by atoms with Crippen molar-refractivity contribution in [2.75, 3.05) is 0 Å². The van der Waals surface area contributed by atoms with Gasteiger partial charge >= 0.3 is 5.69 Å². The Kier molecular flexibility index (Phi) is 2.59. The van der Waals surface area contributed by atoms with Crippen LogP contribution in [0.5, 0.6) is 0 Å². The predicted octanol–water partition coefficient (Wildman–Crippen LogP) is 2.14. The van der Waals surface area contributed by atoms with Crippen LogP contribution in [0.3, 0.4) is 0 Å². The standard InChI is InChI=1S/C14H13N3O2/c1-10-15-13(9-19-10)11-3-5-12(6-4-11)17-8-7-16(2)14(17)18/h3-9H,1-2H3. The molecule has 0 bridgehead atoms. The summed E-state index contributed by atoms with van der Waals surface area (Å²) in [7, 11) is 1.73. The monoisotopic (exact) mass is 255 g/mol. The molecule has 0 saturated carbocycles. The van der Waals surface area contributed by atoms with E-state index in [0.717, 1.165) is 16.9 Å². The fraction of sp³-hybridized carbons (Fsp3) is 0.143. The molecule has 0 unspecified atom stereocenters. The molecule has 0 aliphatic heterocycles. The number of aryl methyl sites for hydroxylation is 2. The molecule has 19 heavy (non-hydrogen) atoms. The van der Waals surface area contributed by atoms with E-state index in [9.17, 15) is 4.79 Å². The van der Waals surface area contributed by atoms with Gasteiger partial charge < -0.3 is 8.98 Å². The maximum Gasteiger partial charge on any atom is 0.332 e. The molecule has 3 aromatic rings. The number of hydrogen-bond acceptors (Lipinski definition) is 3. The smallest absolute Gasteiger partial charge is 0.332 e. The van der Waals surface area contributed by atoms with Crippen molar-refractivity contribution in [1.29, 1.82) is 0 Å². The summed E-state index contributed by atoms with van der Waals surface area (Å²) in [6.45, 7) is 1.81. The van der Waals surface area contributed by atoms with E-state index in [1.165, 1.54) is 4.57 Å². The molecule has 0 saturated heterocycles. The van der Waals surface area contributed by atoms with Crippen LogP contribution < -0.4 is 5.69 Å². The third-order valence-corrected chi connectivity index (χ3v) is 3.01. The molecular formula is C14H13N3O2. The van der Waals surface area contributed by atoms with Gasteiger partial charge in [-0.2, -0.15) is 0 Å². The molecule has 0 aliphatic carbocycles. The maximum absolute atomic E-state index is 11.8. The van der Waals surface area contributed by atoms with Crippen molar-refractivity contribution in [2.24, 2.45) is 7.05 Å². The van der Waals surface area contributed by atoms with E-state index in [1.807, 2.05) is 24.3 Å². The molecule has 2 heterocycles. The SMILES string of the molecule is Cc1nc(-c2ccc(-n3ccn(C)c3=O)cc2)co1. The van der Waals surface area contributed by atoms with Crippen LogP contribution in [0.15, 0.2) is 52.1 Å². The summed E-state index contributed by atoms with van der Waals surface area (Å²) in [6, 6.07) is 7.62. The molecule has 0 aliphatic rings. The van der Waals surface area contributed by atoms with Gasteiger partial charge in [-0.25, -0.2) is 9.78 Å². The van der Waals surface area contributed by atoms with Crippen molar-refractivity contribution >= 4 is 0 Å². The lowest BCUT2D eigenvalue weighted by atomic mass is 10.1. The Morgan fingerprint density at radius 1 is 1.16 bits per heavy atom. The molecule has 3 rings (SSSR count). The molecular weight excluding hydrogens is 242 g/mol. The fourth-order valence-electron chi connectivity index (χ4n) is 1.95. The van der Waals surface area contributed by atoms with Crippen molar-refractivity contribution < 1.29 is 4.42 Å². The number of benzene rings is 1. The first-order chi connectivity index (χ1) is 9.15. The third kappa shape index (κ3) is 1.99. The molecule has 96 valence electrons. The Morgan fingerprint density at radius 3 is 2.42 bits per heavy atom. The van der Waals surface area contributed by atoms with Gasteiger partial charge in [-0.15, -0.1) is 0 Å². The van der Waals surface area contributed by atoms with Crippen molar-refractivity contribution in [3.63, 3.8) is 0 Å². The number of rotatable bonds is 2. The van der Waals surface area contributed by atoms with Crippen molar-refractivity contribution in [1.82, 2.24) is 14.1 Å². The Hall–Kier alpha value is -2.56. The third-order valence-electron chi connectivity index (χ3n) is 3.01. The van der Waals surface area contributed by atoms with Gasteiger partial charge in [0, 0.05) is 31.9 Å². The first-order valence-corrected chi connectivity index (χ1v) is 5.92. The Balaban J connectivity index is 1.99. The second-order valence-electron chi connectivity index (χ2n) is 4.36. The zero-order chi connectivity index (χ0) is 13.4. The van der Waals surface area contributed by atoms with Crippen LogP contribution >= 0.6 is 0 Å². The lowest BCUT2D eigenvalue weighted by Gasteiger charge is -2.02. The Morgan fingerprint density at radius 2 is 1.89 bits per heavy atom. The molecule has 5 heteroatoms. The first kappa shape index (κ1) is 11.5. The van der Waals surface area contributed by atoms with Crippen LogP contribution in [0.4, 0.5) is 0 Å². The van der Waals surface area contributed by atoms with Gasteiger partial charge in [0.2, 0.25) is 0 Å². The zero-order valence-electron chi connectivity index (χ0n) is 10.7. The number of oxazole rings is 1. The average Bonchev–Trinajstić information content (AvgIpc) is 2.98. The zero-order valence-corrected chi connectivity index (χ0v) is 10.7. The molecule has 0 amide bonds. The van der Waals surface area contributed by atoms with Crippen LogP contribution in [0.2, 0.25) is 0 Å². The highest BCUT2D eigenvalue weighted by atomic mass is 16.3. The molecule has 0 N–H and O–H groups in total. The van der Waals surface area contributed by atoms with Crippen molar-refractivity contribution in [3.05, 3.63) is 59.3 Å². The van der Waals surface area contributed by atoms with E-state index < -0.39 is 0 Å². The molecule has 0 spiro atoms. The second-order valence-corrected chi connectivity index (χ2v) is 4.36. The highest BCUT2D eigenvalue weighted by Gasteiger charge is 2.05. The summed E-state index contributed by atoms with van der Waals surface area (Å²) >= 11 is 0. The summed E-state index contributed by atoms with van der Waals surface area (Å²) < 4.78 is 8.32. The van der Waals surface area contributed by atoms with Crippen molar-refractivity contribution in [2.45, 2.75) is 6.92 Å². The van der Waals surface area contributed by atoms with Crippen LogP contribution in [0.1, 0.15) is 5.89 Å². The summed E-state index contributed by atoms with van der Waals surface area (Å²) in [6.07, 6.45) is 5.11. The van der Waals surface area contributed by atoms with Crippen LogP contribution in [0, 0.1) is 6.92 Å². The summed E-state index contributed by atoms with van der Waals surface area (Å²) in [4.78, 5) is 16.1. The van der Waals surface area contributed by atoms with Gasteiger partial charge in [-0.05, 0) is 12.1 Å². The van der Waals surface area contributed by atoms with Crippen LogP contribution in [0.25, 0.3) is 16.9 Å². The summed E-state index contributed by atoms with van der Waals surface area (Å²) in [5.74, 6) is 0.637. The van der Waals surface area contributed by atoms with Gasteiger partial charge in [-0.1, -0.05) is 12.1 Å². The highest BCUT2D eigenvalue weighted by molar-refractivity contribution is 5.59. The lowest BCUT2D eigenvalue weighted by molar-refractivity contribution is 0.521. The first-order valence-electron chi connectivity index (χ1n) is 5.92. The molecule has 0 atom stereocenters. The van der Waals surface area contributed by atoms with E-state index in [2.05, 4.69) is 4.98 Å². The minimum atomic E-state index is -0.0648. The molecule has 0 radical (unpaired) electrons. The normalized spacial score (nSPS) is 10.8. The minimum Gasteiger partial charge on any atom is -0.449 e. The van der Waals surface area contributed by atoms with E-state index in [0.29, 0.717) is 5.89 Å². The highest BCUT2D eigenvalue weighted by Crippen LogP contribution is 2.19. The topological polar surface area (TPSA) is 53.0 Å². The second kappa shape index (κ2) is 4.28. The molecule has 5 nitrogen and oxygen atoms in total.